The largest absolute Gasteiger partial charge is 0.324 e. The smallest absolute Gasteiger partial charge is 0.250 e. The maximum Gasteiger partial charge on any atom is 0.250 e. The Labute approximate surface area is 192 Å². The van der Waals surface area contributed by atoms with Gasteiger partial charge in [0, 0.05) is 40.4 Å². The molecule has 0 unspecified atom stereocenters. The van der Waals surface area contributed by atoms with Crippen molar-refractivity contribution in [3.05, 3.63) is 101 Å². The molecule has 3 aromatic carbocycles. The van der Waals surface area contributed by atoms with Gasteiger partial charge in [-0.05, 0) is 18.6 Å². The van der Waals surface area contributed by atoms with Gasteiger partial charge in [0.2, 0.25) is 5.91 Å². The van der Waals surface area contributed by atoms with Crippen molar-refractivity contribution in [2.45, 2.75) is 24.4 Å². The number of Topliss-reactive ketones (excluding diaryl/α,β-unsaturated/α-hetero) is 1. The second kappa shape index (κ2) is 7.32. The van der Waals surface area contributed by atoms with E-state index in [4.69, 9.17) is 0 Å². The molecule has 0 bridgehead atoms. The van der Waals surface area contributed by atoms with E-state index in [1.165, 1.54) is 0 Å². The third kappa shape index (κ3) is 2.61. The van der Waals surface area contributed by atoms with Gasteiger partial charge in [0.25, 0.3) is 0 Å². The number of thioether (sulfide) groups is 1. The molecule has 4 atom stereocenters. The summed E-state index contributed by atoms with van der Waals surface area (Å²) < 4.78 is 0. The molecule has 6 rings (SSSR count). The van der Waals surface area contributed by atoms with Crippen molar-refractivity contribution in [1.29, 1.82) is 0 Å². The van der Waals surface area contributed by atoms with Gasteiger partial charge in [-0.25, -0.2) is 0 Å². The topological polar surface area (TPSA) is 49.4 Å². The van der Waals surface area contributed by atoms with Crippen LogP contribution in [0.1, 0.15) is 33.0 Å². The quantitative estimate of drug-likeness (QED) is 0.594. The molecule has 3 aliphatic rings. The molecule has 1 N–H and O–H groups in total. The summed E-state index contributed by atoms with van der Waals surface area (Å²) in [5.74, 6) is 1.07. The molecule has 0 aliphatic carbocycles. The second-order valence-electron chi connectivity index (χ2n) is 8.95. The van der Waals surface area contributed by atoms with E-state index in [9.17, 15) is 9.59 Å². The van der Waals surface area contributed by atoms with Gasteiger partial charge in [0.1, 0.15) is 5.54 Å². The van der Waals surface area contributed by atoms with E-state index in [-0.39, 0.29) is 23.7 Å². The molecule has 2 fully saturated rings. The van der Waals surface area contributed by atoms with Gasteiger partial charge in [0.15, 0.2) is 5.78 Å². The predicted molar refractivity (Wildman–Crippen MR) is 128 cm³/mol. The third-order valence-electron chi connectivity index (χ3n) is 7.33. The van der Waals surface area contributed by atoms with Crippen molar-refractivity contribution in [1.82, 2.24) is 4.90 Å². The molecule has 1 amide bonds. The van der Waals surface area contributed by atoms with Crippen LogP contribution in [0.5, 0.6) is 0 Å². The molecule has 0 radical (unpaired) electrons. The highest BCUT2D eigenvalue weighted by Crippen LogP contribution is 2.61. The first-order chi connectivity index (χ1) is 15.6. The summed E-state index contributed by atoms with van der Waals surface area (Å²) in [6, 6.07) is 26.1. The zero-order valence-electron chi connectivity index (χ0n) is 17.8. The van der Waals surface area contributed by atoms with Crippen LogP contribution in [-0.4, -0.2) is 34.3 Å². The van der Waals surface area contributed by atoms with E-state index in [1.54, 1.807) is 0 Å². The Morgan fingerprint density at radius 3 is 2.50 bits per heavy atom. The molecule has 2 saturated heterocycles. The van der Waals surface area contributed by atoms with E-state index < -0.39 is 11.5 Å². The van der Waals surface area contributed by atoms with Crippen LogP contribution in [0.25, 0.3) is 0 Å². The fourth-order valence-corrected chi connectivity index (χ4v) is 7.30. The Balaban J connectivity index is 1.61. The van der Waals surface area contributed by atoms with Crippen LogP contribution in [0.15, 0.2) is 78.9 Å². The zero-order chi connectivity index (χ0) is 21.9. The van der Waals surface area contributed by atoms with E-state index in [0.717, 1.165) is 34.0 Å². The number of aryl methyl sites for hydroxylation is 1. The average Bonchev–Trinajstić information content (AvgIpc) is 3.48. The van der Waals surface area contributed by atoms with Crippen molar-refractivity contribution in [3.8, 4) is 0 Å². The standard InChI is InChI=1S/C27H24N2O2S/c1-17-11-13-19(14-12-17)25(30)24-23(18-7-3-2-4-8-18)22-15-32-16-29(22)27(24)20-9-5-6-10-21(20)28-26(27)31/h2-14,22-24H,15-16H2,1H3,(H,28,31)/t22-,23+,24-,27-/m1/s1. The van der Waals surface area contributed by atoms with Crippen molar-refractivity contribution < 1.29 is 9.59 Å². The lowest BCUT2D eigenvalue weighted by Crippen LogP contribution is -2.52. The number of carbonyl (C=O) groups is 2. The van der Waals surface area contributed by atoms with Crippen molar-refractivity contribution in [3.63, 3.8) is 0 Å². The van der Waals surface area contributed by atoms with Crippen molar-refractivity contribution in [2.75, 3.05) is 16.9 Å². The van der Waals surface area contributed by atoms with Gasteiger partial charge >= 0.3 is 0 Å². The third-order valence-corrected chi connectivity index (χ3v) is 8.37. The number of nitrogens with one attached hydrogen (secondary N) is 1. The van der Waals surface area contributed by atoms with Crippen LogP contribution in [0.4, 0.5) is 5.69 Å². The summed E-state index contributed by atoms with van der Waals surface area (Å²) >= 11 is 1.85. The Morgan fingerprint density at radius 1 is 1.00 bits per heavy atom. The highest BCUT2D eigenvalue weighted by molar-refractivity contribution is 7.99. The summed E-state index contributed by atoms with van der Waals surface area (Å²) in [5, 5.41) is 3.12. The Kier molecular flexibility index (Phi) is 4.52. The van der Waals surface area contributed by atoms with Gasteiger partial charge in [-0.15, -0.1) is 11.8 Å². The molecule has 0 aromatic heterocycles. The summed E-state index contributed by atoms with van der Waals surface area (Å²) in [7, 11) is 0. The number of para-hydroxylation sites is 1. The van der Waals surface area contributed by atoms with E-state index in [2.05, 4.69) is 22.3 Å². The second-order valence-corrected chi connectivity index (χ2v) is 9.95. The van der Waals surface area contributed by atoms with Gasteiger partial charge in [-0.2, -0.15) is 0 Å². The maximum absolute atomic E-state index is 14.3. The molecule has 160 valence electrons. The number of ketones is 1. The Morgan fingerprint density at radius 2 is 1.72 bits per heavy atom. The van der Waals surface area contributed by atoms with Gasteiger partial charge in [-0.1, -0.05) is 78.4 Å². The van der Waals surface area contributed by atoms with Gasteiger partial charge in [0.05, 0.1) is 5.92 Å². The number of carbonyl (C=O) groups excluding carboxylic acids is 2. The summed E-state index contributed by atoms with van der Waals surface area (Å²) in [5.41, 5.74) is 3.68. The minimum atomic E-state index is -0.993. The zero-order valence-corrected chi connectivity index (χ0v) is 18.6. The molecule has 3 aliphatic heterocycles. The number of benzene rings is 3. The number of fused-ring (bicyclic) bond motifs is 4. The normalized spacial score (nSPS) is 28.5. The first-order valence-electron chi connectivity index (χ1n) is 11.0. The Bertz CT molecular complexity index is 1210. The first kappa shape index (κ1) is 19.8. The molecule has 0 saturated carbocycles. The molecule has 5 heteroatoms. The number of rotatable bonds is 3. The van der Waals surface area contributed by atoms with E-state index in [1.807, 2.05) is 85.4 Å². The van der Waals surface area contributed by atoms with Crippen LogP contribution >= 0.6 is 11.8 Å². The fraction of sp³-hybridized carbons (Fsp3) is 0.259. The molecule has 3 aromatic rings. The lowest BCUT2D eigenvalue weighted by Gasteiger charge is -2.36. The minimum absolute atomic E-state index is 0.0464. The van der Waals surface area contributed by atoms with E-state index in [0.29, 0.717) is 5.56 Å². The van der Waals surface area contributed by atoms with E-state index >= 15 is 0 Å². The average molecular weight is 441 g/mol. The van der Waals surface area contributed by atoms with Crippen LogP contribution in [0, 0.1) is 12.8 Å². The Hall–Kier alpha value is -2.89. The summed E-state index contributed by atoms with van der Waals surface area (Å²) in [6.07, 6.45) is 0. The first-order valence-corrected chi connectivity index (χ1v) is 12.2. The summed E-state index contributed by atoms with van der Waals surface area (Å²) in [6.45, 7) is 2.02. The summed E-state index contributed by atoms with van der Waals surface area (Å²) in [4.78, 5) is 30.4. The number of hydrogen-bond donors (Lipinski definition) is 1. The van der Waals surface area contributed by atoms with Gasteiger partial charge < -0.3 is 5.32 Å². The van der Waals surface area contributed by atoms with Crippen molar-refractivity contribution in [2.24, 2.45) is 5.92 Å². The molecule has 1 spiro atoms. The van der Waals surface area contributed by atoms with Gasteiger partial charge in [-0.3, -0.25) is 14.5 Å². The SMILES string of the molecule is Cc1ccc(C(=O)[C@H]2[C@@H](c3ccccc3)[C@H]3CSCN3[C@@]23C(=O)Nc2ccccc23)cc1. The van der Waals surface area contributed by atoms with Crippen LogP contribution in [-0.2, 0) is 10.3 Å². The molecule has 3 heterocycles. The lowest BCUT2D eigenvalue weighted by atomic mass is 9.69. The maximum atomic E-state index is 14.3. The number of anilines is 1. The fourth-order valence-electron chi connectivity index (χ4n) is 5.98. The van der Waals surface area contributed by atoms with Crippen LogP contribution < -0.4 is 5.32 Å². The predicted octanol–water partition coefficient (Wildman–Crippen LogP) is 4.81. The number of amides is 1. The molecular weight excluding hydrogens is 416 g/mol. The van der Waals surface area contributed by atoms with Crippen molar-refractivity contribution >= 4 is 29.1 Å². The highest BCUT2D eigenvalue weighted by Gasteiger charge is 2.69. The number of hydrogen-bond acceptors (Lipinski definition) is 4. The lowest BCUT2D eigenvalue weighted by molar-refractivity contribution is -0.127. The molecule has 4 nitrogen and oxygen atoms in total. The minimum Gasteiger partial charge on any atom is -0.324 e. The van der Waals surface area contributed by atoms with Crippen LogP contribution in [0.2, 0.25) is 0 Å². The van der Waals surface area contributed by atoms with Crippen LogP contribution in [0.3, 0.4) is 0 Å². The number of nitrogens with zero attached hydrogens (tertiary/aromatic N) is 1. The monoisotopic (exact) mass is 440 g/mol. The molecular formula is C27H24N2O2S. The molecule has 32 heavy (non-hydrogen) atoms. The highest BCUT2D eigenvalue weighted by atomic mass is 32.2.